The Morgan fingerprint density at radius 1 is 1.55 bits per heavy atom. The summed E-state index contributed by atoms with van der Waals surface area (Å²) in [6.07, 6.45) is 2.23. The number of hydrogen-bond donors (Lipinski definition) is 2. The van der Waals surface area contributed by atoms with Crippen molar-refractivity contribution in [3.8, 4) is 0 Å². The Morgan fingerprint density at radius 3 is 2.36 bits per heavy atom. The summed E-state index contributed by atoms with van der Waals surface area (Å²) in [5, 5.41) is 7.48. The molecule has 0 rings (SSSR count). The molecule has 1 amide bonds. The highest BCUT2D eigenvalue weighted by atomic mass is 16.1. The molecule has 0 aliphatic rings. The number of carbonyl (C=O) groups excluding carboxylic acids is 1. The molecule has 0 saturated heterocycles. The van der Waals surface area contributed by atoms with Crippen LogP contribution in [0.15, 0.2) is 0 Å². The van der Waals surface area contributed by atoms with E-state index in [0.717, 1.165) is 6.42 Å². The lowest BCUT2D eigenvalue weighted by atomic mass is 9.96. The van der Waals surface area contributed by atoms with Gasteiger partial charge in [0.25, 0.3) is 0 Å². The molecule has 3 heteroatoms. The first-order chi connectivity index (χ1) is 5.13. The molecule has 0 bridgehead atoms. The van der Waals surface area contributed by atoms with E-state index in [1.54, 1.807) is 0 Å². The molecule has 0 unspecified atom stereocenters. The SMILES string of the molecule is CCCC(=N)[C@@H](CC)C(N)=O. The van der Waals surface area contributed by atoms with Crippen LogP contribution in [0.5, 0.6) is 0 Å². The molecule has 0 aliphatic carbocycles. The first kappa shape index (κ1) is 10.1. The number of nitrogens with one attached hydrogen (secondary N) is 1. The minimum Gasteiger partial charge on any atom is -0.369 e. The maximum Gasteiger partial charge on any atom is 0.226 e. The van der Waals surface area contributed by atoms with Crippen LogP contribution in [0.3, 0.4) is 0 Å². The van der Waals surface area contributed by atoms with Crippen LogP contribution in [0, 0.1) is 11.3 Å². The van der Waals surface area contributed by atoms with Gasteiger partial charge in [-0.3, -0.25) is 4.79 Å². The second-order valence-corrected chi connectivity index (χ2v) is 2.64. The maximum absolute atomic E-state index is 10.7. The van der Waals surface area contributed by atoms with Gasteiger partial charge in [-0.15, -0.1) is 0 Å². The molecule has 0 fully saturated rings. The van der Waals surface area contributed by atoms with E-state index in [9.17, 15) is 4.79 Å². The van der Waals surface area contributed by atoms with Gasteiger partial charge in [-0.05, 0) is 12.8 Å². The number of nitrogens with two attached hydrogens (primary N) is 1. The number of carbonyl (C=O) groups is 1. The summed E-state index contributed by atoms with van der Waals surface area (Å²) in [6, 6.07) is 0. The van der Waals surface area contributed by atoms with E-state index in [4.69, 9.17) is 11.1 Å². The summed E-state index contributed by atoms with van der Waals surface area (Å²) in [5.74, 6) is -0.708. The Balaban J connectivity index is 4.03. The van der Waals surface area contributed by atoms with Gasteiger partial charge in [0.05, 0.1) is 5.92 Å². The standard InChI is InChI=1S/C8H16N2O/c1-3-5-7(9)6(4-2)8(10)11/h6,9H,3-5H2,1-2H3,(H2,10,11)/t6-/m1/s1. The summed E-state index contributed by atoms with van der Waals surface area (Å²) in [5.41, 5.74) is 5.57. The van der Waals surface area contributed by atoms with Crippen LogP contribution in [-0.2, 0) is 4.79 Å². The van der Waals surface area contributed by atoms with Gasteiger partial charge in [-0.1, -0.05) is 20.3 Å². The second kappa shape index (κ2) is 4.88. The lowest BCUT2D eigenvalue weighted by molar-refractivity contribution is -0.119. The van der Waals surface area contributed by atoms with E-state index in [2.05, 4.69) is 0 Å². The Hall–Kier alpha value is -0.860. The molecule has 3 N–H and O–H groups in total. The van der Waals surface area contributed by atoms with Gasteiger partial charge in [0.1, 0.15) is 0 Å². The second-order valence-electron chi connectivity index (χ2n) is 2.64. The fourth-order valence-electron chi connectivity index (χ4n) is 1.06. The highest BCUT2D eigenvalue weighted by molar-refractivity contribution is 6.01. The van der Waals surface area contributed by atoms with Crippen molar-refractivity contribution in [1.82, 2.24) is 0 Å². The van der Waals surface area contributed by atoms with Gasteiger partial charge in [0.2, 0.25) is 5.91 Å². The van der Waals surface area contributed by atoms with E-state index in [1.807, 2.05) is 13.8 Å². The summed E-state index contributed by atoms with van der Waals surface area (Å²) in [7, 11) is 0. The summed E-state index contributed by atoms with van der Waals surface area (Å²) >= 11 is 0. The fraction of sp³-hybridized carbons (Fsp3) is 0.750. The smallest absolute Gasteiger partial charge is 0.226 e. The lowest BCUT2D eigenvalue weighted by Crippen LogP contribution is -2.29. The van der Waals surface area contributed by atoms with Crippen LogP contribution in [0.2, 0.25) is 0 Å². The van der Waals surface area contributed by atoms with E-state index in [0.29, 0.717) is 18.6 Å². The van der Waals surface area contributed by atoms with E-state index < -0.39 is 0 Å². The Labute approximate surface area is 67.5 Å². The lowest BCUT2D eigenvalue weighted by Gasteiger charge is -2.10. The van der Waals surface area contributed by atoms with E-state index >= 15 is 0 Å². The first-order valence-electron chi connectivity index (χ1n) is 4.00. The van der Waals surface area contributed by atoms with Gasteiger partial charge < -0.3 is 11.1 Å². The summed E-state index contributed by atoms with van der Waals surface area (Å²) in [4.78, 5) is 10.7. The third kappa shape index (κ3) is 3.16. The predicted octanol–water partition coefficient (Wildman–Crippen LogP) is 1.32. The molecule has 1 atom stereocenters. The number of hydrogen-bond acceptors (Lipinski definition) is 2. The summed E-state index contributed by atoms with van der Waals surface area (Å²) in [6.45, 7) is 3.86. The highest BCUT2D eigenvalue weighted by Crippen LogP contribution is 2.07. The van der Waals surface area contributed by atoms with Crippen LogP contribution in [0.25, 0.3) is 0 Å². The predicted molar refractivity (Wildman–Crippen MR) is 45.6 cm³/mol. The van der Waals surface area contributed by atoms with Crippen LogP contribution < -0.4 is 5.73 Å². The van der Waals surface area contributed by atoms with Crippen LogP contribution in [-0.4, -0.2) is 11.6 Å². The van der Waals surface area contributed by atoms with Crippen LogP contribution in [0.1, 0.15) is 33.1 Å². The topological polar surface area (TPSA) is 66.9 Å². The minimum atomic E-state index is -0.369. The minimum absolute atomic E-state index is 0.338. The molecular formula is C8H16N2O. The van der Waals surface area contributed by atoms with Gasteiger partial charge in [0, 0.05) is 5.71 Å². The van der Waals surface area contributed by atoms with Crippen LogP contribution in [0.4, 0.5) is 0 Å². The van der Waals surface area contributed by atoms with Crippen molar-refractivity contribution in [3.05, 3.63) is 0 Å². The molecular weight excluding hydrogens is 140 g/mol. The zero-order valence-corrected chi connectivity index (χ0v) is 7.18. The normalized spacial score (nSPS) is 12.5. The van der Waals surface area contributed by atoms with Gasteiger partial charge in [-0.2, -0.15) is 0 Å². The maximum atomic E-state index is 10.7. The average Bonchev–Trinajstić information content (AvgIpc) is 1.88. The Morgan fingerprint density at radius 2 is 2.09 bits per heavy atom. The fourth-order valence-corrected chi connectivity index (χ4v) is 1.06. The molecule has 0 spiro atoms. The zero-order chi connectivity index (χ0) is 8.85. The van der Waals surface area contributed by atoms with E-state index in [-0.39, 0.29) is 11.8 Å². The van der Waals surface area contributed by atoms with E-state index in [1.165, 1.54) is 0 Å². The molecule has 64 valence electrons. The first-order valence-corrected chi connectivity index (χ1v) is 4.00. The molecule has 0 saturated carbocycles. The Kier molecular flexibility index (Phi) is 4.50. The molecule has 0 aliphatic heterocycles. The monoisotopic (exact) mass is 156 g/mol. The molecule has 11 heavy (non-hydrogen) atoms. The molecule has 0 aromatic carbocycles. The van der Waals surface area contributed by atoms with Crippen LogP contribution >= 0.6 is 0 Å². The van der Waals surface area contributed by atoms with Crippen molar-refractivity contribution in [2.24, 2.45) is 11.7 Å². The highest BCUT2D eigenvalue weighted by Gasteiger charge is 2.16. The van der Waals surface area contributed by atoms with Crippen molar-refractivity contribution < 1.29 is 4.79 Å². The molecule has 0 aromatic rings. The molecule has 0 radical (unpaired) electrons. The van der Waals surface area contributed by atoms with Gasteiger partial charge in [-0.25, -0.2) is 0 Å². The van der Waals surface area contributed by atoms with Crippen molar-refractivity contribution in [1.29, 1.82) is 5.41 Å². The van der Waals surface area contributed by atoms with Crippen molar-refractivity contribution >= 4 is 11.6 Å². The largest absolute Gasteiger partial charge is 0.369 e. The number of rotatable bonds is 5. The molecule has 3 nitrogen and oxygen atoms in total. The third-order valence-corrected chi connectivity index (χ3v) is 1.69. The van der Waals surface area contributed by atoms with Crippen molar-refractivity contribution in [3.63, 3.8) is 0 Å². The van der Waals surface area contributed by atoms with Gasteiger partial charge >= 0.3 is 0 Å². The summed E-state index contributed by atoms with van der Waals surface area (Å²) < 4.78 is 0. The average molecular weight is 156 g/mol. The van der Waals surface area contributed by atoms with Gasteiger partial charge in [0.15, 0.2) is 0 Å². The zero-order valence-electron chi connectivity index (χ0n) is 7.18. The van der Waals surface area contributed by atoms with Crippen molar-refractivity contribution in [2.45, 2.75) is 33.1 Å². The van der Waals surface area contributed by atoms with Crippen molar-refractivity contribution in [2.75, 3.05) is 0 Å². The molecule has 0 heterocycles. The molecule has 0 aromatic heterocycles. The Bertz CT molecular complexity index is 154. The third-order valence-electron chi connectivity index (χ3n) is 1.69. The quantitative estimate of drug-likeness (QED) is 0.579. The number of primary amides is 1. The number of amides is 1.